The van der Waals surface area contributed by atoms with Gasteiger partial charge in [0.15, 0.2) is 0 Å². The summed E-state index contributed by atoms with van der Waals surface area (Å²) in [4.78, 5) is 2.39. The van der Waals surface area contributed by atoms with E-state index in [0.29, 0.717) is 0 Å². The molecular formula is C19H21N3. The Labute approximate surface area is 130 Å². The maximum atomic E-state index is 3.39. The fourth-order valence-electron chi connectivity index (χ4n) is 3.33. The first kappa shape index (κ1) is 13.4. The highest BCUT2D eigenvalue weighted by Crippen LogP contribution is 2.28. The molecule has 1 fully saturated rings. The van der Waals surface area contributed by atoms with Gasteiger partial charge >= 0.3 is 0 Å². The number of nitrogens with zero attached hydrogens (tertiary/aromatic N) is 2. The molecule has 3 aromatic rings. The molecule has 1 aliphatic rings. The van der Waals surface area contributed by atoms with Crippen LogP contribution in [-0.4, -0.2) is 35.6 Å². The number of allylic oxidation sites excluding steroid dienone is 1. The van der Waals surface area contributed by atoms with Crippen molar-refractivity contribution in [1.82, 2.24) is 14.8 Å². The van der Waals surface area contributed by atoms with Gasteiger partial charge in [0.2, 0.25) is 0 Å². The van der Waals surface area contributed by atoms with Crippen molar-refractivity contribution in [2.75, 3.05) is 26.2 Å². The molecule has 0 bridgehead atoms. The monoisotopic (exact) mass is 291 g/mol. The number of piperazine rings is 1. The van der Waals surface area contributed by atoms with E-state index in [4.69, 9.17) is 0 Å². The van der Waals surface area contributed by atoms with Crippen LogP contribution in [0.5, 0.6) is 0 Å². The molecule has 0 aliphatic carbocycles. The van der Waals surface area contributed by atoms with Crippen LogP contribution >= 0.6 is 0 Å². The Morgan fingerprint density at radius 2 is 1.45 bits per heavy atom. The van der Waals surface area contributed by atoms with Gasteiger partial charge in [0.25, 0.3) is 0 Å². The molecule has 2 heterocycles. The number of nitrogens with one attached hydrogen (secondary N) is 1. The van der Waals surface area contributed by atoms with Crippen molar-refractivity contribution in [3.05, 3.63) is 60.8 Å². The van der Waals surface area contributed by atoms with Gasteiger partial charge in [0.1, 0.15) is 0 Å². The summed E-state index contributed by atoms with van der Waals surface area (Å²) in [6.45, 7) is 5.28. The normalized spacial score (nSPS) is 16.1. The number of hydrogen-bond donors (Lipinski definition) is 1. The minimum absolute atomic E-state index is 0.915. The van der Waals surface area contributed by atoms with E-state index >= 15 is 0 Å². The lowest BCUT2D eigenvalue weighted by Gasteiger charge is -2.25. The second kappa shape index (κ2) is 5.85. The second-order valence-corrected chi connectivity index (χ2v) is 5.82. The molecule has 3 nitrogen and oxygen atoms in total. The van der Waals surface area contributed by atoms with Crippen molar-refractivity contribution in [2.24, 2.45) is 0 Å². The zero-order chi connectivity index (χ0) is 14.8. The molecule has 0 atom stereocenters. The maximum absolute atomic E-state index is 3.39. The highest BCUT2D eigenvalue weighted by atomic mass is 15.2. The van der Waals surface area contributed by atoms with E-state index in [0.717, 1.165) is 32.7 Å². The van der Waals surface area contributed by atoms with Crippen LogP contribution in [0.1, 0.15) is 0 Å². The minimum atomic E-state index is 0.915. The van der Waals surface area contributed by atoms with Crippen molar-refractivity contribution in [1.29, 1.82) is 0 Å². The van der Waals surface area contributed by atoms with Crippen molar-refractivity contribution >= 4 is 21.8 Å². The van der Waals surface area contributed by atoms with Gasteiger partial charge in [0, 0.05) is 54.5 Å². The zero-order valence-corrected chi connectivity index (χ0v) is 12.7. The summed E-state index contributed by atoms with van der Waals surface area (Å²) in [5.41, 5.74) is 2.63. The van der Waals surface area contributed by atoms with Gasteiger partial charge in [-0.2, -0.15) is 0 Å². The summed E-state index contributed by atoms with van der Waals surface area (Å²) in [6.07, 6.45) is 4.54. The molecule has 0 saturated carbocycles. The maximum Gasteiger partial charge on any atom is 0.0494 e. The summed E-state index contributed by atoms with van der Waals surface area (Å²) >= 11 is 0. The predicted octanol–water partition coefficient (Wildman–Crippen LogP) is 3.21. The van der Waals surface area contributed by atoms with Gasteiger partial charge in [-0.25, -0.2) is 0 Å². The second-order valence-electron chi connectivity index (χ2n) is 5.82. The van der Waals surface area contributed by atoms with Crippen LogP contribution in [0.15, 0.2) is 60.8 Å². The highest BCUT2D eigenvalue weighted by molar-refractivity contribution is 6.07. The van der Waals surface area contributed by atoms with E-state index in [1.165, 1.54) is 21.8 Å². The van der Waals surface area contributed by atoms with Crippen LogP contribution < -0.4 is 5.32 Å². The molecule has 0 radical (unpaired) electrons. The third-order valence-electron chi connectivity index (χ3n) is 4.44. The number of hydrogen-bond acceptors (Lipinski definition) is 2. The first-order valence-corrected chi connectivity index (χ1v) is 8.01. The van der Waals surface area contributed by atoms with Gasteiger partial charge in [-0.05, 0) is 24.4 Å². The minimum Gasteiger partial charge on any atom is -0.375 e. The van der Waals surface area contributed by atoms with Crippen LogP contribution in [-0.2, 0) is 6.54 Å². The molecule has 0 unspecified atom stereocenters. The fourth-order valence-corrected chi connectivity index (χ4v) is 3.33. The molecule has 1 N–H and O–H groups in total. The SMILES string of the molecule is C(=CN1CCNCC1)Cn1c2ccccc2c2ccccc21. The van der Waals surface area contributed by atoms with E-state index in [2.05, 4.69) is 75.6 Å². The summed E-state index contributed by atoms with van der Waals surface area (Å²) < 4.78 is 2.41. The van der Waals surface area contributed by atoms with Crippen LogP contribution in [0, 0.1) is 0 Å². The largest absolute Gasteiger partial charge is 0.375 e. The molecular weight excluding hydrogens is 270 g/mol. The first-order valence-electron chi connectivity index (χ1n) is 8.01. The van der Waals surface area contributed by atoms with Crippen molar-refractivity contribution in [2.45, 2.75) is 6.54 Å². The average molecular weight is 291 g/mol. The molecule has 0 spiro atoms. The number of rotatable bonds is 3. The summed E-state index contributed by atoms with van der Waals surface area (Å²) in [5, 5.41) is 6.07. The molecule has 112 valence electrons. The smallest absolute Gasteiger partial charge is 0.0494 e. The van der Waals surface area contributed by atoms with E-state index in [1.54, 1.807) is 0 Å². The third-order valence-corrected chi connectivity index (χ3v) is 4.44. The summed E-state index contributed by atoms with van der Waals surface area (Å²) in [7, 11) is 0. The molecule has 1 aliphatic heterocycles. The molecule has 1 aromatic heterocycles. The van der Waals surface area contributed by atoms with Gasteiger partial charge in [-0.15, -0.1) is 0 Å². The number of para-hydroxylation sites is 2. The average Bonchev–Trinajstić information content (AvgIpc) is 2.91. The van der Waals surface area contributed by atoms with E-state index in [9.17, 15) is 0 Å². The Hall–Kier alpha value is -2.26. The number of fused-ring (bicyclic) bond motifs is 3. The van der Waals surface area contributed by atoms with Crippen LogP contribution in [0.2, 0.25) is 0 Å². The Morgan fingerprint density at radius 1 is 0.864 bits per heavy atom. The van der Waals surface area contributed by atoms with Crippen LogP contribution in [0.3, 0.4) is 0 Å². The molecule has 2 aromatic carbocycles. The van der Waals surface area contributed by atoms with E-state index in [1.807, 2.05) is 0 Å². The number of benzene rings is 2. The highest BCUT2D eigenvalue weighted by Gasteiger charge is 2.08. The Morgan fingerprint density at radius 3 is 2.09 bits per heavy atom. The van der Waals surface area contributed by atoms with Crippen LogP contribution in [0.25, 0.3) is 21.8 Å². The molecule has 3 heteroatoms. The summed E-state index contributed by atoms with van der Waals surface area (Å²) in [5.74, 6) is 0. The van der Waals surface area contributed by atoms with Gasteiger partial charge in [-0.1, -0.05) is 36.4 Å². The van der Waals surface area contributed by atoms with Crippen molar-refractivity contribution < 1.29 is 0 Å². The lowest BCUT2D eigenvalue weighted by atomic mass is 10.2. The predicted molar refractivity (Wildman–Crippen MR) is 93.0 cm³/mol. The van der Waals surface area contributed by atoms with Crippen LogP contribution in [0.4, 0.5) is 0 Å². The lowest BCUT2D eigenvalue weighted by Crippen LogP contribution is -2.40. The third kappa shape index (κ3) is 2.38. The van der Waals surface area contributed by atoms with Gasteiger partial charge < -0.3 is 14.8 Å². The molecule has 1 saturated heterocycles. The first-order chi connectivity index (χ1) is 10.9. The number of aromatic nitrogens is 1. The molecule has 4 rings (SSSR count). The van der Waals surface area contributed by atoms with E-state index in [-0.39, 0.29) is 0 Å². The lowest BCUT2D eigenvalue weighted by molar-refractivity contribution is 0.323. The quantitative estimate of drug-likeness (QED) is 0.799. The fraction of sp³-hybridized carbons (Fsp3) is 0.263. The molecule has 0 amide bonds. The topological polar surface area (TPSA) is 20.2 Å². The Kier molecular flexibility index (Phi) is 3.57. The Bertz CT molecular complexity index is 757. The van der Waals surface area contributed by atoms with Crippen molar-refractivity contribution in [3.8, 4) is 0 Å². The van der Waals surface area contributed by atoms with Gasteiger partial charge in [-0.3, -0.25) is 0 Å². The van der Waals surface area contributed by atoms with Crippen molar-refractivity contribution in [3.63, 3.8) is 0 Å². The zero-order valence-electron chi connectivity index (χ0n) is 12.7. The standard InChI is InChI=1S/C19H21N3/c1-3-8-18-16(6-1)17-7-2-4-9-19(17)22(18)13-5-12-21-14-10-20-11-15-21/h1-9,12,20H,10-11,13-15H2. The summed E-state index contributed by atoms with van der Waals surface area (Å²) in [6, 6.07) is 17.4. The van der Waals surface area contributed by atoms with E-state index < -0.39 is 0 Å². The van der Waals surface area contributed by atoms with Gasteiger partial charge in [0.05, 0.1) is 0 Å². The molecule has 22 heavy (non-hydrogen) atoms. The Balaban J connectivity index is 1.69.